The zero-order valence-electron chi connectivity index (χ0n) is 25.2. The Hall–Kier alpha value is -5.80. The number of ether oxygens (including phenoxy) is 4. The predicted molar refractivity (Wildman–Crippen MR) is 177 cm³/mol. The fraction of sp³-hybridized carbons (Fsp3) is 0.0625. The summed E-state index contributed by atoms with van der Waals surface area (Å²) in [4.78, 5) is 39.5. The molecular formula is C32H25N7O6RuS2. The quantitative estimate of drug-likeness (QED) is 0.0784. The number of hydrogen-bond acceptors (Lipinski definition) is 15. The second-order valence-electron chi connectivity index (χ2n) is 8.15. The maximum absolute atomic E-state index is 10.2. The van der Waals surface area contributed by atoms with Gasteiger partial charge < -0.3 is 44.2 Å². The molecule has 0 aliphatic rings. The maximum Gasteiger partial charge on any atom is 2.00 e. The molecule has 0 fully saturated rings. The summed E-state index contributed by atoms with van der Waals surface area (Å²) in [5, 5.41) is 16.9. The van der Waals surface area contributed by atoms with Crippen LogP contribution in [-0.2, 0) is 54.3 Å². The Morgan fingerprint density at radius 2 is 1.04 bits per heavy atom. The molecule has 0 saturated carbocycles. The van der Waals surface area contributed by atoms with E-state index in [-0.39, 0.29) is 19.5 Å². The van der Waals surface area contributed by atoms with Gasteiger partial charge in [0, 0.05) is 55.1 Å². The Morgan fingerprint density at radius 1 is 0.625 bits per heavy atom. The van der Waals surface area contributed by atoms with Gasteiger partial charge in [0.1, 0.15) is 34.6 Å². The number of carbonyl (C=O) groups is 2. The Balaban J connectivity index is 0.000000413. The van der Waals surface area contributed by atoms with Gasteiger partial charge in [0.2, 0.25) is 0 Å². The number of rotatable bonds is 10. The molecule has 13 nitrogen and oxygen atoms in total. The fourth-order valence-electron chi connectivity index (χ4n) is 3.64. The van der Waals surface area contributed by atoms with E-state index in [1.165, 1.54) is 23.2 Å². The van der Waals surface area contributed by atoms with Crippen LogP contribution in [0.5, 0.6) is 23.0 Å². The van der Waals surface area contributed by atoms with Crippen LogP contribution in [0.25, 0.3) is 11.4 Å². The van der Waals surface area contributed by atoms with Gasteiger partial charge in [-0.05, 0) is 36.4 Å². The summed E-state index contributed by atoms with van der Waals surface area (Å²) in [5.41, 5.74) is 1.87. The van der Waals surface area contributed by atoms with Gasteiger partial charge in [-0.25, -0.2) is 20.5 Å². The summed E-state index contributed by atoms with van der Waals surface area (Å²) >= 11 is 7.40. The summed E-state index contributed by atoms with van der Waals surface area (Å²) < 4.78 is 20.2. The van der Waals surface area contributed by atoms with Gasteiger partial charge in [-0.15, -0.1) is 0 Å². The second kappa shape index (κ2) is 23.5. The molecule has 0 amide bonds. The second-order valence-corrected chi connectivity index (χ2v) is 8.51. The SMILES string of the molecule is COc1cc(OC)cc(N(c2ccccn2)c2ccccn2)c1.N#C[S-].N#C[S-].O=COc1ccnc(-c2cc(OC=O)ccn2)c1.[Ru+2]. The molecule has 0 bridgehead atoms. The monoisotopic (exact) mass is 769 g/mol. The van der Waals surface area contributed by atoms with Gasteiger partial charge in [0.25, 0.3) is 12.9 Å². The topological polar surface area (TPSA) is 173 Å². The number of aromatic nitrogens is 4. The van der Waals surface area contributed by atoms with Crippen LogP contribution in [0.3, 0.4) is 0 Å². The van der Waals surface area contributed by atoms with E-state index >= 15 is 0 Å². The van der Waals surface area contributed by atoms with Crippen LogP contribution in [0.4, 0.5) is 17.3 Å². The molecule has 5 rings (SSSR count). The molecule has 0 N–H and O–H groups in total. The van der Waals surface area contributed by atoms with E-state index in [4.69, 9.17) is 29.5 Å². The molecule has 0 aliphatic carbocycles. The van der Waals surface area contributed by atoms with Crippen molar-refractivity contribution in [1.82, 2.24) is 19.9 Å². The molecule has 0 atom stereocenters. The Morgan fingerprint density at radius 3 is 1.38 bits per heavy atom. The molecule has 4 aromatic heterocycles. The minimum atomic E-state index is 0. The number of thiocyanates is 2. The van der Waals surface area contributed by atoms with Crippen LogP contribution in [0.15, 0.2) is 104 Å². The zero-order valence-corrected chi connectivity index (χ0v) is 28.6. The summed E-state index contributed by atoms with van der Waals surface area (Å²) in [7, 11) is 3.26. The molecule has 1 aromatic carbocycles. The van der Waals surface area contributed by atoms with Crippen molar-refractivity contribution < 1.29 is 48.0 Å². The number of benzene rings is 1. The molecule has 0 spiro atoms. The Labute approximate surface area is 300 Å². The van der Waals surface area contributed by atoms with Crippen LogP contribution >= 0.6 is 0 Å². The standard InChI is InChI=1S/C18H17N3O2.C12H8N2O4.2CHNS.Ru/c1-22-15-11-14(12-16(13-15)23-2)21(17-7-3-5-9-19-17)18-8-4-6-10-20-18;15-7-17-9-1-3-13-11(5-9)12-6-10(18-8-16)2-4-14-12;2*2-1-3;/h3-13H,1-2H3;1-8H;2*3H;/q;;;;+2/p-2. The first-order chi connectivity index (χ1) is 23.0. The molecule has 4 heterocycles. The first-order valence-electron chi connectivity index (χ1n) is 13.0. The Kier molecular flexibility index (Phi) is 19.7. The van der Waals surface area contributed by atoms with E-state index in [0.717, 1.165) is 17.3 Å². The van der Waals surface area contributed by atoms with Gasteiger partial charge >= 0.3 is 19.5 Å². The maximum atomic E-state index is 10.2. The van der Waals surface area contributed by atoms with Crippen molar-refractivity contribution >= 4 is 55.5 Å². The van der Waals surface area contributed by atoms with Crippen LogP contribution in [0, 0.1) is 21.3 Å². The molecule has 0 unspecified atom stereocenters. The molecule has 0 saturated heterocycles. The van der Waals surface area contributed by atoms with Crippen molar-refractivity contribution in [1.29, 1.82) is 10.5 Å². The van der Waals surface area contributed by atoms with Gasteiger partial charge in [0.05, 0.1) is 31.3 Å². The van der Waals surface area contributed by atoms with Crippen molar-refractivity contribution in [2.45, 2.75) is 0 Å². The fourth-order valence-corrected chi connectivity index (χ4v) is 3.64. The van der Waals surface area contributed by atoms with E-state index in [9.17, 15) is 9.59 Å². The first-order valence-corrected chi connectivity index (χ1v) is 13.8. The molecule has 244 valence electrons. The van der Waals surface area contributed by atoms with Crippen molar-refractivity contribution in [3.05, 3.63) is 104 Å². The van der Waals surface area contributed by atoms with E-state index in [1.807, 2.05) is 59.5 Å². The number of anilines is 3. The summed E-state index contributed by atoms with van der Waals surface area (Å²) in [5.74, 6) is 3.66. The Bertz CT molecular complexity index is 1650. The zero-order chi connectivity index (χ0) is 34.3. The largest absolute Gasteiger partial charge is 2.00 e. The normalized spacial score (nSPS) is 8.75. The average Bonchev–Trinajstić information content (AvgIpc) is 3.11. The minimum absolute atomic E-state index is 0. The third kappa shape index (κ3) is 13.3. The third-order valence-electron chi connectivity index (χ3n) is 5.44. The smallest absolute Gasteiger partial charge is 0.696 e. The van der Waals surface area contributed by atoms with Crippen LogP contribution < -0.4 is 23.8 Å². The first kappa shape index (κ1) is 40.2. The third-order valence-corrected chi connectivity index (χ3v) is 5.44. The van der Waals surface area contributed by atoms with E-state index in [0.29, 0.717) is 47.3 Å². The predicted octanol–water partition coefficient (Wildman–Crippen LogP) is 5.20. The molecule has 16 heteroatoms. The average molecular weight is 769 g/mol. The summed E-state index contributed by atoms with van der Waals surface area (Å²) in [6.45, 7) is 0.664. The summed E-state index contributed by atoms with van der Waals surface area (Å²) in [6.07, 6.45) is 6.48. The summed E-state index contributed by atoms with van der Waals surface area (Å²) in [6, 6.07) is 23.4. The number of methoxy groups -OCH3 is 2. The molecule has 0 radical (unpaired) electrons. The van der Waals surface area contributed by atoms with Crippen molar-refractivity contribution in [3.63, 3.8) is 0 Å². The number of nitrogens with zero attached hydrogens (tertiary/aromatic N) is 7. The minimum Gasteiger partial charge on any atom is -0.696 e. The van der Waals surface area contributed by atoms with Crippen LogP contribution in [-0.4, -0.2) is 47.1 Å². The number of hydrogen-bond donors (Lipinski definition) is 0. The molecule has 0 aliphatic heterocycles. The number of pyridine rings is 4. The van der Waals surface area contributed by atoms with Crippen molar-refractivity contribution in [2.75, 3.05) is 19.1 Å². The van der Waals surface area contributed by atoms with E-state index < -0.39 is 0 Å². The van der Waals surface area contributed by atoms with Crippen molar-refractivity contribution in [2.24, 2.45) is 0 Å². The van der Waals surface area contributed by atoms with Crippen LogP contribution in [0.1, 0.15) is 0 Å². The number of nitriles is 2. The van der Waals surface area contributed by atoms with Crippen molar-refractivity contribution in [3.8, 4) is 45.2 Å². The molecule has 48 heavy (non-hydrogen) atoms. The molecular weight excluding hydrogens is 744 g/mol. The van der Waals surface area contributed by atoms with Gasteiger partial charge in [0.15, 0.2) is 0 Å². The van der Waals surface area contributed by atoms with Gasteiger partial charge in [-0.3, -0.25) is 24.5 Å². The van der Waals surface area contributed by atoms with Gasteiger partial charge in [-0.2, -0.15) is 0 Å². The molecule has 5 aromatic rings. The van der Waals surface area contributed by atoms with E-state index in [1.54, 1.807) is 50.9 Å². The van der Waals surface area contributed by atoms with Crippen LogP contribution in [0.2, 0.25) is 0 Å². The number of carbonyl (C=O) groups excluding carboxylic acids is 2. The van der Waals surface area contributed by atoms with Gasteiger partial charge in [-0.1, -0.05) is 22.9 Å². The van der Waals surface area contributed by atoms with E-state index in [2.05, 4.69) is 45.2 Å².